The topological polar surface area (TPSA) is 111 Å². The van der Waals surface area contributed by atoms with E-state index in [1.165, 1.54) is 25.1 Å². The predicted octanol–water partition coefficient (Wildman–Crippen LogP) is 3.91. The summed E-state index contributed by atoms with van der Waals surface area (Å²) >= 11 is 0. The first-order valence-electron chi connectivity index (χ1n) is 11.4. The van der Waals surface area contributed by atoms with Crippen LogP contribution in [0.3, 0.4) is 0 Å². The Morgan fingerprint density at radius 3 is 2.47 bits per heavy atom. The number of carbonyl (C=O) groups excluding carboxylic acids is 1. The molecule has 0 unspecified atom stereocenters. The molecule has 0 bridgehead atoms. The normalized spacial score (nSPS) is 15.4. The summed E-state index contributed by atoms with van der Waals surface area (Å²) in [7, 11) is 0. The van der Waals surface area contributed by atoms with Crippen molar-refractivity contribution in [2.75, 3.05) is 11.4 Å². The van der Waals surface area contributed by atoms with E-state index >= 15 is 0 Å². The highest BCUT2D eigenvalue weighted by Gasteiger charge is 2.28. The van der Waals surface area contributed by atoms with E-state index in [1.54, 1.807) is 23.1 Å². The molecule has 0 saturated heterocycles. The number of benzene rings is 1. The number of aliphatic hydroxyl groups excluding tert-OH is 2. The molecule has 0 saturated carbocycles. The van der Waals surface area contributed by atoms with Gasteiger partial charge in [0.15, 0.2) is 0 Å². The van der Waals surface area contributed by atoms with Gasteiger partial charge < -0.3 is 15.3 Å². The van der Waals surface area contributed by atoms with E-state index in [0.29, 0.717) is 18.8 Å². The lowest BCUT2D eigenvalue weighted by molar-refractivity contribution is -0.139. The van der Waals surface area contributed by atoms with Gasteiger partial charge in [-0.2, -0.15) is 0 Å². The number of carboxylic acids is 1. The van der Waals surface area contributed by atoms with Crippen molar-refractivity contribution in [1.29, 1.82) is 0 Å². The van der Waals surface area contributed by atoms with Crippen molar-refractivity contribution >= 4 is 23.8 Å². The molecule has 2 atom stereocenters. The van der Waals surface area contributed by atoms with Gasteiger partial charge in [0.05, 0.1) is 24.3 Å². The second-order valence-electron chi connectivity index (χ2n) is 8.94. The fourth-order valence-corrected chi connectivity index (χ4v) is 4.34. The second kappa shape index (κ2) is 10.9. The van der Waals surface area contributed by atoms with Crippen LogP contribution >= 0.6 is 0 Å². The van der Waals surface area contributed by atoms with Crippen LogP contribution in [0.1, 0.15) is 62.8 Å². The Labute approximate surface area is 198 Å². The molecule has 7 nitrogen and oxygen atoms in total. The van der Waals surface area contributed by atoms with E-state index in [4.69, 9.17) is 10.1 Å². The highest BCUT2D eigenvalue weighted by atomic mass is 19.1. The van der Waals surface area contributed by atoms with Crippen molar-refractivity contribution in [1.82, 2.24) is 4.98 Å². The lowest BCUT2D eigenvalue weighted by Gasteiger charge is -2.31. The smallest absolute Gasteiger partial charge is 0.305 e. The summed E-state index contributed by atoms with van der Waals surface area (Å²) in [5.74, 6) is -1.01. The number of rotatable bonds is 8. The first-order valence-corrected chi connectivity index (χ1v) is 11.4. The van der Waals surface area contributed by atoms with Crippen molar-refractivity contribution in [3.63, 3.8) is 0 Å². The van der Waals surface area contributed by atoms with Crippen LogP contribution in [0, 0.1) is 5.82 Å². The number of amides is 1. The third-order valence-electron chi connectivity index (χ3n) is 5.88. The zero-order valence-corrected chi connectivity index (χ0v) is 19.7. The molecule has 1 aromatic carbocycles. The van der Waals surface area contributed by atoms with Crippen LogP contribution in [0.15, 0.2) is 30.3 Å². The zero-order chi connectivity index (χ0) is 25.0. The summed E-state index contributed by atoms with van der Waals surface area (Å²) < 4.78 is 13.7. The molecule has 1 aromatic heterocycles. The maximum atomic E-state index is 13.7. The largest absolute Gasteiger partial charge is 0.481 e. The maximum Gasteiger partial charge on any atom is 0.305 e. The molecule has 1 amide bonds. The predicted molar refractivity (Wildman–Crippen MR) is 128 cm³/mol. The zero-order valence-electron chi connectivity index (χ0n) is 19.7. The highest BCUT2D eigenvalue weighted by Crippen LogP contribution is 2.40. The van der Waals surface area contributed by atoms with Gasteiger partial charge in [0.1, 0.15) is 11.6 Å². The Bertz CT molecular complexity index is 1080. The monoisotopic (exact) mass is 470 g/mol. The van der Waals surface area contributed by atoms with Crippen LogP contribution in [0.2, 0.25) is 0 Å². The SMILES string of the molecule is CC(=O)N1CCCc2c1nc(C(C)C)c(/C=C/[C@@H](O)C[C@@H](O)CC(=O)O)c2-c1ccc(F)cc1. The first-order chi connectivity index (χ1) is 16.1. The number of aliphatic hydroxyl groups is 2. The Morgan fingerprint density at radius 2 is 1.88 bits per heavy atom. The number of carbonyl (C=O) groups is 2. The quantitative estimate of drug-likeness (QED) is 0.540. The number of anilines is 1. The number of hydrogen-bond donors (Lipinski definition) is 3. The Kier molecular flexibility index (Phi) is 8.17. The summed E-state index contributed by atoms with van der Waals surface area (Å²) in [4.78, 5) is 29.7. The molecule has 0 fully saturated rings. The van der Waals surface area contributed by atoms with Gasteiger partial charge in [0.25, 0.3) is 0 Å². The summed E-state index contributed by atoms with van der Waals surface area (Å²) in [6.07, 6.45) is 1.87. The first kappa shape index (κ1) is 25.5. The minimum Gasteiger partial charge on any atom is -0.481 e. The summed E-state index contributed by atoms with van der Waals surface area (Å²) in [5, 5.41) is 29.1. The number of nitrogens with zero attached hydrogens (tertiary/aromatic N) is 2. The van der Waals surface area contributed by atoms with Gasteiger partial charge in [-0.1, -0.05) is 38.1 Å². The van der Waals surface area contributed by atoms with Crippen molar-refractivity contribution in [2.24, 2.45) is 0 Å². The van der Waals surface area contributed by atoms with E-state index in [1.807, 2.05) is 13.8 Å². The Morgan fingerprint density at radius 1 is 1.21 bits per heavy atom. The summed E-state index contributed by atoms with van der Waals surface area (Å²) in [6.45, 7) is 6.05. The second-order valence-corrected chi connectivity index (χ2v) is 8.94. The molecule has 3 rings (SSSR count). The van der Waals surface area contributed by atoms with Crippen LogP contribution < -0.4 is 4.90 Å². The molecule has 3 N–H and O–H groups in total. The van der Waals surface area contributed by atoms with Crippen LogP contribution in [0.5, 0.6) is 0 Å². The van der Waals surface area contributed by atoms with Crippen molar-refractivity contribution < 1.29 is 29.3 Å². The molecule has 8 heteroatoms. The van der Waals surface area contributed by atoms with Crippen LogP contribution in [0.25, 0.3) is 17.2 Å². The Hall–Kier alpha value is -3.10. The molecule has 0 spiro atoms. The molecule has 182 valence electrons. The lowest BCUT2D eigenvalue weighted by Crippen LogP contribution is -2.35. The number of carboxylic acid groups (broad SMARTS) is 1. The standard InChI is InChI=1S/C26H31FN2O5/c1-15(2)25-21(11-10-19(31)13-20(32)14-23(33)34)24(17-6-8-18(27)9-7-17)22-5-4-12-29(16(3)30)26(22)28-25/h6-11,15,19-20,31-32H,4-5,12-14H2,1-3H3,(H,33,34)/b11-10+/t19-,20-/m1/s1. The van der Waals surface area contributed by atoms with Crippen molar-refractivity contribution in [3.05, 3.63) is 53.0 Å². The van der Waals surface area contributed by atoms with Gasteiger partial charge in [-0.15, -0.1) is 0 Å². The van der Waals surface area contributed by atoms with E-state index in [2.05, 4.69) is 0 Å². The molecule has 2 heterocycles. The van der Waals surface area contributed by atoms with Crippen LogP contribution in [-0.4, -0.2) is 50.9 Å². The maximum absolute atomic E-state index is 13.7. The van der Waals surface area contributed by atoms with E-state index in [0.717, 1.165) is 34.4 Å². The van der Waals surface area contributed by atoms with Gasteiger partial charge in [-0.25, -0.2) is 9.37 Å². The molecular weight excluding hydrogens is 439 g/mol. The van der Waals surface area contributed by atoms with Crippen molar-refractivity contribution in [2.45, 2.75) is 64.6 Å². The number of halogens is 1. The molecule has 1 aliphatic rings. The molecule has 1 aliphatic heterocycles. The molecular formula is C26H31FN2O5. The molecule has 0 aliphatic carbocycles. The lowest BCUT2D eigenvalue weighted by atomic mass is 9.87. The molecule has 0 radical (unpaired) electrons. The third-order valence-corrected chi connectivity index (χ3v) is 5.88. The van der Waals surface area contributed by atoms with Gasteiger partial charge in [0, 0.05) is 31.0 Å². The number of pyridine rings is 1. The van der Waals surface area contributed by atoms with E-state index < -0.39 is 24.6 Å². The minimum absolute atomic E-state index is 0.0189. The molecule has 34 heavy (non-hydrogen) atoms. The number of hydrogen-bond acceptors (Lipinski definition) is 5. The summed E-state index contributed by atoms with van der Waals surface area (Å²) in [6, 6.07) is 6.14. The van der Waals surface area contributed by atoms with E-state index in [-0.39, 0.29) is 24.1 Å². The fraction of sp³-hybridized carbons (Fsp3) is 0.423. The number of aromatic nitrogens is 1. The van der Waals surface area contributed by atoms with Gasteiger partial charge >= 0.3 is 5.97 Å². The highest BCUT2D eigenvalue weighted by molar-refractivity contribution is 5.94. The number of fused-ring (bicyclic) bond motifs is 1. The van der Waals surface area contributed by atoms with Gasteiger partial charge in [-0.3, -0.25) is 14.5 Å². The summed E-state index contributed by atoms with van der Waals surface area (Å²) in [5.41, 5.74) is 3.96. The average molecular weight is 471 g/mol. The average Bonchev–Trinajstić information content (AvgIpc) is 2.76. The molecule has 2 aromatic rings. The third kappa shape index (κ3) is 5.87. The fourth-order valence-electron chi connectivity index (χ4n) is 4.34. The van der Waals surface area contributed by atoms with Crippen LogP contribution in [-0.2, 0) is 16.0 Å². The van der Waals surface area contributed by atoms with Crippen LogP contribution in [0.4, 0.5) is 10.2 Å². The van der Waals surface area contributed by atoms with Crippen molar-refractivity contribution in [3.8, 4) is 11.1 Å². The van der Waals surface area contributed by atoms with E-state index in [9.17, 15) is 24.2 Å². The minimum atomic E-state index is -1.18. The van der Waals surface area contributed by atoms with Gasteiger partial charge in [-0.05, 0) is 42.0 Å². The Balaban J connectivity index is 2.16. The van der Waals surface area contributed by atoms with Gasteiger partial charge in [0.2, 0.25) is 5.91 Å². The number of aliphatic carboxylic acids is 1.